The van der Waals surface area contributed by atoms with E-state index < -0.39 is 0 Å². The van der Waals surface area contributed by atoms with Crippen molar-refractivity contribution in [2.45, 2.75) is 26.8 Å². The molecule has 2 nitrogen and oxygen atoms in total. The van der Waals surface area contributed by atoms with Crippen molar-refractivity contribution in [1.29, 1.82) is 0 Å². The number of carbonyl (C=O) groups is 1. The van der Waals surface area contributed by atoms with Crippen LogP contribution in [-0.4, -0.2) is 29.2 Å². The van der Waals surface area contributed by atoms with Crippen LogP contribution in [0.15, 0.2) is 18.2 Å². The number of nitrogens with zero attached hydrogens (tertiary/aromatic N) is 1. The minimum atomic E-state index is 0.0875. The van der Waals surface area contributed by atoms with E-state index in [0.29, 0.717) is 0 Å². The second-order valence-corrected chi connectivity index (χ2v) is 4.89. The topological polar surface area (TPSA) is 20.3 Å². The molecule has 0 aliphatic carbocycles. The molecule has 0 aliphatic rings. The minimum Gasteiger partial charge on any atom is -0.338 e. The number of benzene rings is 1. The molecule has 0 radical (unpaired) electrons. The van der Waals surface area contributed by atoms with Gasteiger partial charge in [-0.3, -0.25) is 4.79 Å². The van der Waals surface area contributed by atoms with E-state index in [-0.39, 0.29) is 11.9 Å². The largest absolute Gasteiger partial charge is 0.338 e. The summed E-state index contributed by atoms with van der Waals surface area (Å²) in [6.45, 7) is 6.04. The van der Waals surface area contributed by atoms with E-state index in [4.69, 9.17) is 0 Å². The summed E-state index contributed by atoms with van der Waals surface area (Å²) < 4.78 is 0. The van der Waals surface area contributed by atoms with Gasteiger partial charge in [-0.2, -0.15) is 0 Å². The number of amides is 1. The fraction of sp³-hybridized carbons (Fsp3) is 0.462. The van der Waals surface area contributed by atoms with Crippen LogP contribution in [-0.2, 0) is 0 Å². The predicted octanol–water partition coefficient (Wildman–Crippen LogP) is 3.16. The number of hydrogen-bond acceptors (Lipinski definition) is 1. The van der Waals surface area contributed by atoms with Crippen LogP contribution >= 0.6 is 15.9 Å². The number of halogens is 1. The van der Waals surface area contributed by atoms with Crippen LogP contribution in [0.25, 0.3) is 0 Å². The summed E-state index contributed by atoms with van der Waals surface area (Å²) in [6, 6.07) is 6.13. The van der Waals surface area contributed by atoms with Gasteiger partial charge in [0.15, 0.2) is 0 Å². The molecule has 0 aliphatic heterocycles. The first kappa shape index (κ1) is 13.2. The maximum absolute atomic E-state index is 12.2. The van der Waals surface area contributed by atoms with Crippen molar-refractivity contribution in [2.24, 2.45) is 0 Å². The molecule has 3 heteroatoms. The van der Waals surface area contributed by atoms with Gasteiger partial charge in [-0.15, -0.1) is 0 Å². The highest BCUT2D eigenvalue weighted by molar-refractivity contribution is 9.09. The zero-order chi connectivity index (χ0) is 12.3. The molecule has 0 bridgehead atoms. The van der Waals surface area contributed by atoms with Crippen LogP contribution in [0.3, 0.4) is 0 Å². The number of aryl methyl sites for hydroxylation is 2. The molecule has 0 fully saturated rings. The number of alkyl halides is 1. The monoisotopic (exact) mass is 283 g/mol. The van der Waals surface area contributed by atoms with E-state index in [0.717, 1.165) is 16.5 Å². The Labute approximate surface area is 106 Å². The van der Waals surface area contributed by atoms with Gasteiger partial charge in [0.05, 0.1) is 0 Å². The Morgan fingerprint density at radius 1 is 1.44 bits per heavy atom. The molecule has 0 N–H and O–H groups in total. The van der Waals surface area contributed by atoms with Crippen LogP contribution in [0.4, 0.5) is 0 Å². The fourth-order valence-electron chi connectivity index (χ4n) is 1.55. The molecule has 16 heavy (non-hydrogen) atoms. The molecule has 88 valence electrons. The Morgan fingerprint density at radius 2 is 2.06 bits per heavy atom. The first-order valence-corrected chi connectivity index (χ1v) is 6.50. The van der Waals surface area contributed by atoms with Crippen molar-refractivity contribution in [3.05, 3.63) is 34.9 Å². The van der Waals surface area contributed by atoms with E-state index in [1.54, 1.807) is 4.90 Å². The van der Waals surface area contributed by atoms with Crippen LogP contribution < -0.4 is 0 Å². The van der Waals surface area contributed by atoms with Gasteiger partial charge in [-0.25, -0.2) is 0 Å². The summed E-state index contributed by atoms with van der Waals surface area (Å²) in [5.74, 6) is 0.0875. The second kappa shape index (κ2) is 5.48. The Bertz CT molecular complexity index is 390. The van der Waals surface area contributed by atoms with Crippen molar-refractivity contribution in [3.63, 3.8) is 0 Å². The van der Waals surface area contributed by atoms with Crippen molar-refractivity contribution >= 4 is 21.8 Å². The molecule has 1 unspecified atom stereocenters. The van der Waals surface area contributed by atoms with Gasteiger partial charge in [-0.1, -0.05) is 33.6 Å². The fourth-order valence-corrected chi connectivity index (χ4v) is 1.98. The average molecular weight is 284 g/mol. The van der Waals surface area contributed by atoms with Gasteiger partial charge in [0.1, 0.15) is 0 Å². The third-order valence-electron chi connectivity index (χ3n) is 2.82. The Balaban J connectivity index is 2.96. The second-order valence-electron chi connectivity index (χ2n) is 4.24. The first-order chi connectivity index (χ1) is 7.47. The molecule has 0 saturated heterocycles. The summed E-state index contributed by atoms with van der Waals surface area (Å²) in [7, 11) is 1.84. The van der Waals surface area contributed by atoms with Crippen LogP contribution in [0.2, 0.25) is 0 Å². The van der Waals surface area contributed by atoms with E-state index in [2.05, 4.69) is 15.9 Å². The highest BCUT2D eigenvalue weighted by Crippen LogP contribution is 2.14. The maximum atomic E-state index is 12.2. The smallest absolute Gasteiger partial charge is 0.254 e. The third-order valence-corrected chi connectivity index (χ3v) is 3.75. The highest BCUT2D eigenvalue weighted by Gasteiger charge is 2.17. The Hall–Kier alpha value is -0.830. The molecule has 1 rings (SSSR count). The molecule has 1 amide bonds. The third kappa shape index (κ3) is 2.85. The Kier molecular flexibility index (Phi) is 4.54. The summed E-state index contributed by atoms with van der Waals surface area (Å²) in [6.07, 6.45) is 0. The molecule has 0 heterocycles. The summed E-state index contributed by atoms with van der Waals surface area (Å²) in [4.78, 5) is 14.0. The number of carbonyl (C=O) groups excluding carboxylic acids is 1. The molecule has 0 saturated carbocycles. The zero-order valence-corrected chi connectivity index (χ0v) is 11.8. The average Bonchev–Trinajstić information content (AvgIpc) is 2.26. The van der Waals surface area contributed by atoms with E-state index in [1.807, 2.05) is 46.0 Å². The molecule has 1 aromatic rings. The maximum Gasteiger partial charge on any atom is 0.254 e. The minimum absolute atomic E-state index is 0.0875. The van der Waals surface area contributed by atoms with Crippen molar-refractivity contribution < 1.29 is 4.79 Å². The molecule has 0 aromatic heterocycles. The SMILES string of the molecule is Cc1ccc(C(=O)N(C)C(C)CBr)c(C)c1. The van der Waals surface area contributed by atoms with Gasteiger partial charge < -0.3 is 4.90 Å². The normalized spacial score (nSPS) is 12.3. The van der Waals surface area contributed by atoms with Crippen molar-refractivity contribution in [3.8, 4) is 0 Å². The molecular weight excluding hydrogens is 266 g/mol. The van der Waals surface area contributed by atoms with E-state index in [1.165, 1.54) is 5.56 Å². The van der Waals surface area contributed by atoms with Crippen molar-refractivity contribution in [2.75, 3.05) is 12.4 Å². The van der Waals surface area contributed by atoms with Crippen LogP contribution in [0.1, 0.15) is 28.4 Å². The quantitative estimate of drug-likeness (QED) is 0.781. The van der Waals surface area contributed by atoms with E-state index in [9.17, 15) is 4.79 Å². The molecule has 0 spiro atoms. The predicted molar refractivity (Wildman–Crippen MR) is 71.3 cm³/mol. The zero-order valence-electron chi connectivity index (χ0n) is 10.2. The summed E-state index contributed by atoms with van der Waals surface area (Å²) in [5, 5.41) is 0.792. The number of hydrogen-bond donors (Lipinski definition) is 0. The van der Waals surface area contributed by atoms with Gasteiger partial charge >= 0.3 is 0 Å². The summed E-state index contributed by atoms with van der Waals surface area (Å²) >= 11 is 3.39. The number of rotatable bonds is 3. The van der Waals surface area contributed by atoms with Crippen LogP contribution in [0, 0.1) is 13.8 Å². The van der Waals surface area contributed by atoms with Crippen molar-refractivity contribution in [1.82, 2.24) is 4.90 Å². The highest BCUT2D eigenvalue weighted by atomic mass is 79.9. The van der Waals surface area contributed by atoms with Gasteiger partial charge in [0.2, 0.25) is 0 Å². The lowest BCUT2D eigenvalue weighted by Crippen LogP contribution is -2.36. The molecule has 1 aromatic carbocycles. The van der Waals surface area contributed by atoms with Gasteiger partial charge in [-0.05, 0) is 32.4 Å². The lowest BCUT2D eigenvalue weighted by atomic mass is 10.0. The molecule has 1 atom stereocenters. The van der Waals surface area contributed by atoms with E-state index >= 15 is 0 Å². The Morgan fingerprint density at radius 3 is 2.56 bits per heavy atom. The summed E-state index contributed by atoms with van der Waals surface area (Å²) in [5.41, 5.74) is 3.02. The molecular formula is C13H18BrNO. The lowest BCUT2D eigenvalue weighted by Gasteiger charge is -2.24. The van der Waals surface area contributed by atoms with Gasteiger partial charge in [0, 0.05) is 24.0 Å². The lowest BCUT2D eigenvalue weighted by molar-refractivity contribution is 0.0757. The first-order valence-electron chi connectivity index (χ1n) is 5.37. The van der Waals surface area contributed by atoms with Crippen LogP contribution in [0.5, 0.6) is 0 Å². The standard InChI is InChI=1S/C13H18BrNO/c1-9-5-6-12(10(2)7-9)13(16)15(4)11(3)8-14/h5-7,11H,8H2,1-4H3. The van der Waals surface area contributed by atoms with Gasteiger partial charge in [0.25, 0.3) is 5.91 Å².